The van der Waals surface area contributed by atoms with Crippen LogP contribution in [0.2, 0.25) is 0 Å². The summed E-state index contributed by atoms with van der Waals surface area (Å²) in [7, 11) is 0. The fourth-order valence-corrected chi connectivity index (χ4v) is 2.26. The standard InChI is InChI=1S/C15H25NO/c1-5-14(17-7-3)15(16-6-2)13-11-9-8-10-12(13)4/h8-11,14-16H,5-7H2,1-4H3. The number of aryl methyl sites for hydroxylation is 1. The fraction of sp³-hybridized carbons (Fsp3) is 0.600. The van der Waals surface area contributed by atoms with Crippen molar-refractivity contribution in [1.82, 2.24) is 5.32 Å². The third kappa shape index (κ3) is 3.83. The van der Waals surface area contributed by atoms with Gasteiger partial charge < -0.3 is 10.1 Å². The number of hydrogen-bond acceptors (Lipinski definition) is 2. The summed E-state index contributed by atoms with van der Waals surface area (Å²) in [5, 5.41) is 3.55. The Kier molecular flexibility index (Phi) is 6.23. The summed E-state index contributed by atoms with van der Waals surface area (Å²) >= 11 is 0. The molecule has 0 saturated carbocycles. The van der Waals surface area contributed by atoms with E-state index >= 15 is 0 Å². The number of rotatable bonds is 7. The highest BCUT2D eigenvalue weighted by Gasteiger charge is 2.22. The molecule has 0 aromatic heterocycles. The van der Waals surface area contributed by atoms with Crippen molar-refractivity contribution in [2.45, 2.75) is 46.3 Å². The molecule has 0 radical (unpaired) electrons. The SMILES string of the molecule is CCNC(c1ccccc1C)C(CC)OCC. The van der Waals surface area contributed by atoms with Crippen molar-refractivity contribution >= 4 is 0 Å². The molecular formula is C15H25NO. The molecule has 0 saturated heterocycles. The highest BCUT2D eigenvalue weighted by Crippen LogP contribution is 2.24. The molecule has 2 nitrogen and oxygen atoms in total. The molecule has 0 aliphatic heterocycles. The third-order valence-electron chi connectivity index (χ3n) is 3.10. The Bertz CT molecular complexity index is 324. The zero-order valence-corrected chi connectivity index (χ0v) is 11.5. The van der Waals surface area contributed by atoms with Gasteiger partial charge in [0.15, 0.2) is 0 Å². The van der Waals surface area contributed by atoms with Crippen LogP contribution in [0.15, 0.2) is 24.3 Å². The van der Waals surface area contributed by atoms with Gasteiger partial charge in [0.1, 0.15) is 0 Å². The number of benzene rings is 1. The van der Waals surface area contributed by atoms with Crippen molar-refractivity contribution in [3.05, 3.63) is 35.4 Å². The zero-order chi connectivity index (χ0) is 12.7. The maximum absolute atomic E-state index is 5.85. The van der Waals surface area contributed by atoms with Crippen molar-refractivity contribution in [3.8, 4) is 0 Å². The van der Waals surface area contributed by atoms with Crippen LogP contribution in [0, 0.1) is 6.92 Å². The summed E-state index contributed by atoms with van der Waals surface area (Å²) in [6, 6.07) is 8.85. The Balaban J connectivity index is 2.94. The molecule has 0 heterocycles. The second kappa shape index (κ2) is 7.46. The Morgan fingerprint density at radius 3 is 2.41 bits per heavy atom. The van der Waals surface area contributed by atoms with Gasteiger partial charge in [0.05, 0.1) is 12.1 Å². The minimum Gasteiger partial charge on any atom is -0.377 e. The summed E-state index contributed by atoms with van der Waals surface area (Å²) < 4.78 is 5.85. The lowest BCUT2D eigenvalue weighted by atomic mass is 9.95. The van der Waals surface area contributed by atoms with Crippen LogP contribution in [-0.2, 0) is 4.74 Å². The van der Waals surface area contributed by atoms with Crippen molar-refractivity contribution in [1.29, 1.82) is 0 Å². The largest absolute Gasteiger partial charge is 0.377 e. The normalized spacial score (nSPS) is 14.6. The van der Waals surface area contributed by atoms with Gasteiger partial charge in [0, 0.05) is 6.61 Å². The number of hydrogen-bond donors (Lipinski definition) is 1. The fourth-order valence-electron chi connectivity index (χ4n) is 2.26. The number of ether oxygens (including phenoxy) is 1. The average Bonchev–Trinajstić information content (AvgIpc) is 2.34. The first-order valence-electron chi connectivity index (χ1n) is 6.65. The lowest BCUT2D eigenvalue weighted by Crippen LogP contribution is -2.34. The summed E-state index contributed by atoms with van der Waals surface area (Å²) in [6.07, 6.45) is 1.28. The van der Waals surface area contributed by atoms with Gasteiger partial charge in [0.25, 0.3) is 0 Å². The molecule has 0 fully saturated rings. The van der Waals surface area contributed by atoms with E-state index in [1.807, 2.05) is 0 Å². The molecule has 0 bridgehead atoms. The molecule has 96 valence electrons. The van der Waals surface area contributed by atoms with E-state index in [9.17, 15) is 0 Å². The van der Waals surface area contributed by atoms with Gasteiger partial charge in [-0.05, 0) is 37.9 Å². The predicted octanol–water partition coefficient (Wildman–Crippen LogP) is 3.46. The van der Waals surface area contributed by atoms with Gasteiger partial charge in [0.2, 0.25) is 0 Å². The molecule has 0 aliphatic carbocycles. The molecule has 1 rings (SSSR count). The summed E-state index contributed by atoms with van der Waals surface area (Å²) in [5.74, 6) is 0. The Hall–Kier alpha value is -0.860. The van der Waals surface area contributed by atoms with Crippen LogP contribution in [0.25, 0.3) is 0 Å². The highest BCUT2D eigenvalue weighted by molar-refractivity contribution is 5.29. The predicted molar refractivity (Wildman–Crippen MR) is 73.3 cm³/mol. The van der Waals surface area contributed by atoms with Crippen molar-refractivity contribution in [2.24, 2.45) is 0 Å². The van der Waals surface area contributed by atoms with Crippen LogP contribution in [0.5, 0.6) is 0 Å². The maximum Gasteiger partial charge on any atom is 0.0767 e. The Morgan fingerprint density at radius 1 is 1.18 bits per heavy atom. The molecule has 0 aliphatic rings. The van der Waals surface area contributed by atoms with E-state index in [0.717, 1.165) is 19.6 Å². The van der Waals surface area contributed by atoms with Gasteiger partial charge in [-0.1, -0.05) is 38.1 Å². The molecule has 17 heavy (non-hydrogen) atoms. The van der Waals surface area contributed by atoms with Gasteiger partial charge in [-0.25, -0.2) is 0 Å². The van der Waals surface area contributed by atoms with E-state index in [-0.39, 0.29) is 6.10 Å². The molecule has 0 spiro atoms. The summed E-state index contributed by atoms with van der Waals surface area (Å²) in [5.41, 5.74) is 2.69. The van der Waals surface area contributed by atoms with Crippen LogP contribution >= 0.6 is 0 Å². The quantitative estimate of drug-likeness (QED) is 0.781. The Morgan fingerprint density at radius 2 is 1.88 bits per heavy atom. The van der Waals surface area contributed by atoms with Crippen LogP contribution in [0.4, 0.5) is 0 Å². The Labute approximate surface area is 105 Å². The topological polar surface area (TPSA) is 21.3 Å². The molecular weight excluding hydrogens is 210 g/mol. The van der Waals surface area contributed by atoms with Gasteiger partial charge in [-0.2, -0.15) is 0 Å². The van der Waals surface area contributed by atoms with Crippen molar-refractivity contribution < 1.29 is 4.74 Å². The second-order valence-corrected chi connectivity index (χ2v) is 4.29. The summed E-state index contributed by atoms with van der Waals surface area (Å²) in [4.78, 5) is 0. The van der Waals surface area contributed by atoms with E-state index < -0.39 is 0 Å². The van der Waals surface area contributed by atoms with Crippen molar-refractivity contribution in [2.75, 3.05) is 13.2 Å². The molecule has 2 unspecified atom stereocenters. The van der Waals surface area contributed by atoms with Gasteiger partial charge in [-0.3, -0.25) is 0 Å². The second-order valence-electron chi connectivity index (χ2n) is 4.29. The highest BCUT2D eigenvalue weighted by atomic mass is 16.5. The molecule has 2 atom stereocenters. The van der Waals surface area contributed by atoms with Crippen LogP contribution in [-0.4, -0.2) is 19.3 Å². The van der Waals surface area contributed by atoms with E-state index in [1.165, 1.54) is 11.1 Å². The molecule has 2 heteroatoms. The first-order chi connectivity index (χ1) is 8.24. The lowest BCUT2D eigenvalue weighted by Gasteiger charge is -2.28. The first kappa shape index (κ1) is 14.2. The van der Waals surface area contributed by atoms with E-state index in [0.29, 0.717) is 6.04 Å². The number of nitrogens with one attached hydrogen (secondary N) is 1. The minimum absolute atomic E-state index is 0.251. The van der Waals surface area contributed by atoms with Crippen LogP contribution in [0.1, 0.15) is 44.4 Å². The van der Waals surface area contributed by atoms with E-state index in [2.05, 4.69) is 57.3 Å². The van der Waals surface area contributed by atoms with Gasteiger partial charge in [-0.15, -0.1) is 0 Å². The molecule has 1 aromatic rings. The average molecular weight is 235 g/mol. The first-order valence-corrected chi connectivity index (χ1v) is 6.65. The van der Waals surface area contributed by atoms with E-state index in [1.54, 1.807) is 0 Å². The number of likely N-dealkylation sites (N-methyl/N-ethyl adjacent to an activating group) is 1. The third-order valence-corrected chi connectivity index (χ3v) is 3.10. The maximum atomic E-state index is 5.85. The van der Waals surface area contributed by atoms with Crippen molar-refractivity contribution in [3.63, 3.8) is 0 Å². The van der Waals surface area contributed by atoms with E-state index in [4.69, 9.17) is 4.74 Å². The lowest BCUT2D eigenvalue weighted by molar-refractivity contribution is 0.0316. The smallest absolute Gasteiger partial charge is 0.0767 e. The monoisotopic (exact) mass is 235 g/mol. The zero-order valence-electron chi connectivity index (χ0n) is 11.5. The molecule has 1 N–H and O–H groups in total. The molecule has 0 amide bonds. The van der Waals surface area contributed by atoms with Gasteiger partial charge >= 0.3 is 0 Å². The van der Waals surface area contributed by atoms with Crippen LogP contribution < -0.4 is 5.32 Å². The summed E-state index contributed by atoms with van der Waals surface area (Å²) in [6.45, 7) is 10.3. The van der Waals surface area contributed by atoms with Crippen LogP contribution in [0.3, 0.4) is 0 Å². The minimum atomic E-state index is 0.251. The molecule has 1 aromatic carbocycles.